The van der Waals surface area contributed by atoms with Crippen molar-refractivity contribution in [2.24, 2.45) is 16.6 Å². The highest BCUT2D eigenvalue weighted by atomic mass is 19.1. The van der Waals surface area contributed by atoms with E-state index in [-0.39, 0.29) is 5.91 Å². The first-order valence-electron chi connectivity index (χ1n) is 15.5. The molecule has 3 aliphatic rings. The van der Waals surface area contributed by atoms with Crippen LogP contribution < -0.4 is 16.8 Å². The van der Waals surface area contributed by atoms with E-state index >= 15 is 4.39 Å². The molecule has 3 aromatic carbocycles. The Hall–Kier alpha value is -4.08. The van der Waals surface area contributed by atoms with Crippen molar-refractivity contribution in [2.75, 3.05) is 44.3 Å². The summed E-state index contributed by atoms with van der Waals surface area (Å²) >= 11 is 0. The number of likely N-dealkylation sites (N-methyl/N-ethyl adjacent to an activating group) is 1. The minimum atomic E-state index is -1.53. The number of aliphatic imine (C=N–C) groups is 1. The molecule has 5 N–H and O–H groups in total. The van der Waals surface area contributed by atoms with E-state index in [2.05, 4.69) is 22.1 Å². The Labute approximate surface area is 260 Å². The van der Waals surface area contributed by atoms with Crippen molar-refractivity contribution in [3.05, 3.63) is 82.4 Å². The third kappa shape index (κ3) is 7.00. The number of hydrogen-bond acceptors (Lipinski definition) is 6. The zero-order chi connectivity index (χ0) is 32.0. The highest BCUT2D eigenvalue weighted by molar-refractivity contribution is 6.05. The van der Waals surface area contributed by atoms with Crippen molar-refractivity contribution >= 4 is 29.4 Å². The van der Waals surface area contributed by atoms with Crippen molar-refractivity contribution in [3.63, 3.8) is 0 Å². The van der Waals surface area contributed by atoms with Crippen LogP contribution in [0.3, 0.4) is 0 Å². The molecule has 0 radical (unpaired) electrons. The number of anilines is 2. The maximum atomic E-state index is 16.2. The molecule has 1 unspecified atom stereocenters. The summed E-state index contributed by atoms with van der Waals surface area (Å²) in [6.45, 7) is 11.3. The molecule has 0 aromatic heterocycles. The molecule has 0 bridgehead atoms. The van der Waals surface area contributed by atoms with E-state index in [9.17, 15) is 9.59 Å². The predicted molar refractivity (Wildman–Crippen MR) is 178 cm³/mol. The molecule has 1 saturated carbocycles. The number of nitrogen functional groups attached to an aromatic ring is 1. The minimum Gasteiger partial charge on any atom is -0.398 e. The van der Waals surface area contributed by atoms with Crippen LogP contribution in [0.5, 0.6) is 0 Å². The van der Waals surface area contributed by atoms with Crippen molar-refractivity contribution < 1.29 is 14.0 Å². The number of piperazine rings is 1. The molecule has 1 saturated heterocycles. The number of rotatable bonds is 6. The summed E-state index contributed by atoms with van der Waals surface area (Å²) in [4.78, 5) is 30.8. The van der Waals surface area contributed by atoms with Crippen LogP contribution in [0.4, 0.5) is 15.8 Å². The van der Waals surface area contributed by atoms with Crippen molar-refractivity contribution in [3.8, 4) is 11.1 Å². The standard InChI is InChI=1S/C29H33FN6O.C4H6O.C2H6/c1-4-35-11-12-36-16-21-7-9-22(15-25(21)29(36,30)17-35)34-28(37)20-6-5-18(2)24(13-20)19-8-10-23(26(31)14-19)27(32)33-3;5-3-4-1-2-4;1-2/h5-10,13-15H,4,11-12,16-17,31H2,1-3H3,(H2,32,33)(H,34,37);3-4H,1-2H2;1-2H3. The molecule has 3 aromatic rings. The summed E-state index contributed by atoms with van der Waals surface area (Å²) in [5.74, 6) is -0.957. The van der Waals surface area contributed by atoms with Gasteiger partial charge in [-0.05, 0) is 85.0 Å². The summed E-state index contributed by atoms with van der Waals surface area (Å²) in [7, 11) is 1.62. The van der Waals surface area contributed by atoms with Gasteiger partial charge in [0.25, 0.3) is 5.91 Å². The summed E-state index contributed by atoms with van der Waals surface area (Å²) in [6, 6.07) is 16.7. The molecule has 44 heavy (non-hydrogen) atoms. The third-order valence-electron chi connectivity index (χ3n) is 8.40. The second-order valence-electron chi connectivity index (χ2n) is 11.3. The van der Waals surface area contributed by atoms with Gasteiger partial charge in [0.15, 0.2) is 0 Å². The first-order chi connectivity index (χ1) is 21.2. The summed E-state index contributed by atoms with van der Waals surface area (Å²) < 4.78 is 16.2. The fraction of sp³-hybridized carbons (Fsp3) is 0.400. The largest absolute Gasteiger partial charge is 0.398 e. The molecule has 1 atom stereocenters. The van der Waals surface area contributed by atoms with Crippen molar-refractivity contribution in [1.29, 1.82) is 0 Å². The molecular formula is C35H45FN6O2. The Morgan fingerprint density at radius 1 is 1.11 bits per heavy atom. The number of amides is 1. The Bertz CT molecular complexity index is 1540. The van der Waals surface area contributed by atoms with Gasteiger partial charge in [-0.25, -0.2) is 4.39 Å². The lowest BCUT2D eigenvalue weighted by atomic mass is 9.96. The zero-order valence-electron chi connectivity index (χ0n) is 26.5. The number of benzene rings is 3. The Morgan fingerprint density at radius 2 is 1.86 bits per heavy atom. The lowest BCUT2D eigenvalue weighted by Crippen LogP contribution is -2.54. The van der Waals surface area contributed by atoms with E-state index < -0.39 is 5.79 Å². The maximum absolute atomic E-state index is 16.2. The van der Waals surface area contributed by atoms with Crippen LogP contribution in [-0.2, 0) is 17.1 Å². The lowest BCUT2D eigenvalue weighted by molar-refractivity contribution is -0.108. The minimum absolute atomic E-state index is 0.255. The first-order valence-corrected chi connectivity index (χ1v) is 15.5. The predicted octanol–water partition coefficient (Wildman–Crippen LogP) is 5.73. The Morgan fingerprint density at radius 3 is 2.48 bits per heavy atom. The van der Waals surface area contributed by atoms with Crippen LogP contribution in [0.1, 0.15) is 66.2 Å². The zero-order valence-corrected chi connectivity index (χ0v) is 26.5. The Balaban J connectivity index is 0.000000565. The van der Waals surface area contributed by atoms with Crippen LogP contribution in [-0.4, -0.2) is 61.1 Å². The van der Waals surface area contributed by atoms with Crippen LogP contribution in [0, 0.1) is 12.8 Å². The molecule has 2 fully saturated rings. The van der Waals surface area contributed by atoms with Gasteiger partial charge < -0.3 is 21.6 Å². The van der Waals surface area contributed by atoms with Gasteiger partial charge in [-0.15, -0.1) is 0 Å². The lowest BCUT2D eigenvalue weighted by Gasteiger charge is -2.41. The van der Waals surface area contributed by atoms with E-state index in [1.165, 1.54) is 0 Å². The monoisotopic (exact) mass is 600 g/mol. The van der Waals surface area contributed by atoms with Gasteiger partial charge in [-0.3, -0.25) is 19.6 Å². The van der Waals surface area contributed by atoms with Crippen LogP contribution in [0.25, 0.3) is 11.1 Å². The summed E-state index contributed by atoms with van der Waals surface area (Å²) in [5, 5.41) is 2.97. The molecule has 1 aliphatic carbocycles. The molecule has 234 valence electrons. The number of carbonyl (C=O) groups is 2. The molecule has 6 rings (SSSR count). The van der Waals surface area contributed by atoms with E-state index in [0.717, 1.165) is 54.5 Å². The molecule has 9 heteroatoms. The fourth-order valence-corrected chi connectivity index (χ4v) is 5.59. The number of carbonyl (C=O) groups excluding carboxylic acids is 2. The Kier molecular flexibility index (Phi) is 10.5. The van der Waals surface area contributed by atoms with Crippen LogP contribution in [0.2, 0.25) is 0 Å². The number of fused-ring (bicyclic) bond motifs is 3. The second-order valence-corrected chi connectivity index (χ2v) is 11.3. The molecule has 0 spiro atoms. The molecule has 2 aliphatic heterocycles. The number of nitrogens with one attached hydrogen (secondary N) is 1. The van der Waals surface area contributed by atoms with Crippen molar-refractivity contribution in [1.82, 2.24) is 9.80 Å². The number of alkyl halides is 1. The topological polar surface area (TPSA) is 117 Å². The number of amidine groups is 1. The SMILES string of the molecule is CC.CCN1CCN2Cc3ccc(NC(=O)c4ccc(C)c(-c5ccc(C(N)=NC)c(N)c5)c4)cc3C2(F)C1.O=CC1CC1. The highest BCUT2D eigenvalue weighted by Gasteiger charge is 2.49. The summed E-state index contributed by atoms with van der Waals surface area (Å²) in [5.41, 5.74) is 18.9. The molecule has 2 heterocycles. The number of halogens is 1. The van der Waals surface area contributed by atoms with Gasteiger partial charge in [0.2, 0.25) is 5.79 Å². The molecule has 1 amide bonds. The average molecular weight is 601 g/mol. The van der Waals surface area contributed by atoms with Crippen molar-refractivity contribution in [2.45, 2.75) is 52.9 Å². The van der Waals surface area contributed by atoms with Gasteiger partial charge >= 0.3 is 0 Å². The number of aldehydes is 1. The van der Waals surface area contributed by atoms with Gasteiger partial charge in [-0.2, -0.15) is 0 Å². The smallest absolute Gasteiger partial charge is 0.255 e. The van der Waals surface area contributed by atoms with E-state index in [1.54, 1.807) is 19.2 Å². The van der Waals surface area contributed by atoms with Crippen LogP contribution >= 0.6 is 0 Å². The normalized spacial score (nSPS) is 19.5. The summed E-state index contributed by atoms with van der Waals surface area (Å²) in [6.07, 6.45) is 3.31. The first kappa shape index (κ1) is 32.8. The number of hydrogen-bond donors (Lipinski definition) is 3. The van der Waals surface area contributed by atoms with Gasteiger partial charge in [0.05, 0.1) is 6.54 Å². The third-order valence-corrected chi connectivity index (χ3v) is 8.40. The van der Waals surface area contributed by atoms with E-state index in [1.807, 2.05) is 68.1 Å². The number of nitrogens with zero attached hydrogens (tertiary/aromatic N) is 3. The molecule has 8 nitrogen and oxygen atoms in total. The number of aryl methyl sites for hydroxylation is 1. The second kappa shape index (κ2) is 14.1. The van der Waals surface area contributed by atoms with Gasteiger partial charge in [0.1, 0.15) is 12.1 Å². The maximum Gasteiger partial charge on any atom is 0.255 e. The fourth-order valence-electron chi connectivity index (χ4n) is 5.59. The molecular weight excluding hydrogens is 555 g/mol. The quantitative estimate of drug-likeness (QED) is 0.109. The van der Waals surface area contributed by atoms with E-state index in [4.69, 9.17) is 11.5 Å². The average Bonchev–Trinajstić information content (AvgIpc) is 3.84. The van der Waals surface area contributed by atoms with E-state index in [0.29, 0.717) is 59.5 Å². The van der Waals surface area contributed by atoms with Crippen LogP contribution in [0.15, 0.2) is 59.6 Å². The van der Waals surface area contributed by atoms with Gasteiger partial charge in [-0.1, -0.05) is 39.0 Å². The van der Waals surface area contributed by atoms with Gasteiger partial charge in [0, 0.05) is 60.7 Å². The highest BCUT2D eigenvalue weighted by Crippen LogP contribution is 2.44. The number of nitrogens with two attached hydrogens (primary N) is 2.